The second-order valence-electron chi connectivity index (χ2n) is 5.09. The summed E-state index contributed by atoms with van der Waals surface area (Å²) in [5.74, 6) is 0. The van der Waals surface area contributed by atoms with Crippen molar-refractivity contribution in [2.45, 2.75) is 20.4 Å². The third-order valence-electron chi connectivity index (χ3n) is 3.75. The van der Waals surface area contributed by atoms with Gasteiger partial charge in [0.25, 0.3) is 5.56 Å². The maximum Gasteiger partial charge on any atom is 0.272 e. The van der Waals surface area contributed by atoms with Crippen LogP contribution >= 0.6 is 0 Å². The molecule has 0 aliphatic carbocycles. The summed E-state index contributed by atoms with van der Waals surface area (Å²) < 4.78 is 1.92. The van der Waals surface area contributed by atoms with Crippen molar-refractivity contribution in [3.63, 3.8) is 0 Å². The van der Waals surface area contributed by atoms with Crippen LogP contribution in [-0.4, -0.2) is 9.78 Å². The van der Waals surface area contributed by atoms with Crippen LogP contribution in [0.3, 0.4) is 0 Å². The van der Waals surface area contributed by atoms with Gasteiger partial charge in [0, 0.05) is 12.1 Å². The van der Waals surface area contributed by atoms with Crippen LogP contribution in [0.1, 0.15) is 12.5 Å². The Balaban J connectivity index is 2.34. The van der Waals surface area contributed by atoms with Gasteiger partial charge >= 0.3 is 0 Å². The molecule has 0 saturated heterocycles. The smallest absolute Gasteiger partial charge is 0.272 e. The highest BCUT2D eigenvalue weighted by Gasteiger charge is 2.18. The van der Waals surface area contributed by atoms with Crippen molar-refractivity contribution in [1.82, 2.24) is 9.78 Å². The van der Waals surface area contributed by atoms with Gasteiger partial charge in [0.1, 0.15) is 0 Å². The van der Waals surface area contributed by atoms with Crippen LogP contribution in [0.4, 0.5) is 0 Å². The van der Waals surface area contributed by atoms with Crippen LogP contribution < -0.4 is 5.56 Å². The molecule has 0 fully saturated rings. The number of aromatic nitrogens is 2. The van der Waals surface area contributed by atoms with Crippen LogP contribution in [0.15, 0.2) is 59.4 Å². The second-order valence-corrected chi connectivity index (χ2v) is 5.09. The fraction of sp³-hybridized carbons (Fsp3) is 0.167. The van der Waals surface area contributed by atoms with Crippen LogP contribution in [0.2, 0.25) is 0 Å². The number of rotatable bonds is 3. The highest BCUT2D eigenvalue weighted by Crippen LogP contribution is 2.31. The Morgan fingerprint density at radius 3 is 2.33 bits per heavy atom. The molecule has 1 N–H and O–H groups in total. The molecule has 3 heteroatoms. The number of hydrogen-bond donors (Lipinski definition) is 1. The van der Waals surface area contributed by atoms with E-state index in [4.69, 9.17) is 0 Å². The molecule has 0 unspecified atom stereocenters. The number of hydrogen-bond acceptors (Lipinski definition) is 1. The Labute approximate surface area is 123 Å². The average Bonchev–Trinajstić information content (AvgIpc) is 2.85. The molecule has 1 heterocycles. The van der Waals surface area contributed by atoms with Gasteiger partial charge in [0.2, 0.25) is 0 Å². The fourth-order valence-corrected chi connectivity index (χ4v) is 2.71. The van der Waals surface area contributed by atoms with E-state index in [2.05, 4.69) is 24.2 Å². The lowest BCUT2D eigenvalue weighted by Crippen LogP contribution is -2.05. The first-order valence-electron chi connectivity index (χ1n) is 7.16. The lowest BCUT2D eigenvalue weighted by Gasteiger charge is -2.11. The summed E-state index contributed by atoms with van der Waals surface area (Å²) >= 11 is 0. The Morgan fingerprint density at radius 1 is 1.00 bits per heavy atom. The van der Waals surface area contributed by atoms with E-state index >= 15 is 0 Å². The monoisotopic (exact) mass is 278 g/mol. The molecule has 2 aromatic carbocycles. The topological polar surface area (TPSA) is 37.8 Å². The Morgan fingerprint density at radius 2 is 1.67 bits per heavy atom. The second kappa shape index (κ2) is 5.44. The van der Waals surface area contributed by atoms with Crippen LogP contribution in [0.25, 0.3) is 22.4 Å². The summed E-state index contributed by atoms with van der Waals surface area (Å²) in [4.78, 5) is 12.4. The standard InChI is InChI=1S/C18H18N2O/c1-3-20-17(15-12-8-7-9-13(15)2)16(18(21)19-20)14-10-5-4-6-11-14/h4-12H,3H2,1-2H3,(H,19,21). The van der Waals surface area contributed by atoms with Crippen molar-refractivity contribution in [1.29, 1.82) is 0 Å². The van der Waals surface area contributed by atoms with Gasteiger partial charge in [-0.05, 0) is 25.0 Å². The van der Waals surface area contributed by atoms with Crippen molar-refractivity contribution in [3.05, 3.63) is 70.5 Å². The molecule has 3 nitrogen and oxygen atoms in total. The average molecular weight is 278 g/mol. The largest absolute Gasteiger partial charge is 0.284 e. The lowest BCUT2D eigenvalue weighted by molar-refractivity contribution is 0.659. The van der Waals surface area contributed by atoms with Gasteiger partial charge in [0.05, 0.1) is 11.3 Å². The Kier molecular flexibility index (Phi) is 3.48. The van der Waals surface area contributed by atoms with Crippen molar-refractivity contribution in [3.8, 4) is 22.4 Å². The molecule has 106 valence electrons. The summed E-state index contributed by atoms with van der Waals surface area (Å²) in [5, 5.41) is 2.95. The fourth-order valence-electron chi connectivity index (χ4n) is 2.71. The minimum atomic E-state index is -0.0405. The summed E-state index contributed by atoms with van der Waals surface area (Å²) in [6.45, 7) is 4.83. The van der Waals surface area contributed by atoms with Gasteiger partial charge in [-0.1, -0.05) is 54.6 Å². The molecule has 0 spiro atoms. The van der Waals surface area contributed by atoms with Gasteiger partial charge in [-0.15, -0.1) is 0 Å². The van der Waals surface area contributed by atoms with Crippen molar-refractivity contribution in [2.24, 2.45) is 0 Å². The molecule has 0 aliphatic rings. The predicted octanol–water partition coefficient (Wildman–Crippen LogP) is 3.84. The zero-order chi connectivity index (χ0) is 14.8. The van der Waals surface area contributed by atoms with E-state index in [-0.39, 0.29) is 5.56 Å². The van der Waals surface area contributed by atoms with Crippen molar-refractivity contribution >= 4 is 0 Å². The summed E-state index contributed by atoms with van der Waals surface area (Å²) in [7, 11) is 0. The molecular formula is C18H18N2O. The molecule has 3 aromatic rings. The third kappa shape index (κ3) is 2.31. The number of aromatic amines is 1. The minimum Gasteiger partial charge on any atom is -0.284 e. The highest BCUT2D eigenvalue weighted by molar-refractivity contribution is 5.82. The number of nitrogens with one attached hydrogen (secondary N) is 1. The molecule has 1 aromatic heterocycles. The Bertz CT molecular complexity index is 813. The summed E-state index contributed by atoms with van der Waals surface area (Å²) in [6, 6.07) is 18.0. The zero-order valence-electron chi connectivity index (χ0n) is 12.3. The predicted molar refractivity (Wildman–Crippen MR) is 86.3 cm³/mol. The van der Waals surface area contributed by atoms with E-state index in [1.165, 1.54) is 0 Å². The number of nitrogens with zero attached hydrogens (tertiary/aromatic N) is 1. The maximum atomic E-state index is 12.4. The van der Waals surface area contributed by atoms with E-state index in [0.29, 0.717) is 0 Å². The van der Waals surface area contributed by atoms with Crippen molar-refractivity contribution in [2.75, 3.05) is 0 Å². The number of H-pyrrole nitrogens is 1. The van der Waals surface area contributed by atoms with E-state index in [0.717, 1.165) is 34.5 Å². The van der Waals surface area contributed by atoms with Gasteiger partial charge in [-0.25, -0.2) is 0 Å². The van der Waals surface area contributed by atoms with Gasteiger partial charge in [-0.3, -0.25) is 14.6 Å². The van der Waals surface area contributed by atoms with Crippen LogP contribution in [0.5, 0.6) is 0 Å². The summed E-state index contributed by atoms with van der Waals surface area (Å²) in [6.07, 6.45) is 0. The van der Waals surface area contributed by atoms with Crippen molar-refractivity contribution < 1.29 is 0 Å². The molecule has 0 radical (unpaired) electrons. The van der Waals surface area contributed by atoms with E-state index < -0.39 is 0 Å². The van der Waals surface area contributed by atoms with E-state index in [9.17, 15) is 4.79 Å². The summed E-state index contributed by atoms with van der Waals surface area (Å²) in [5.41, 5.74) is 4.87. The molecule has 0 saturated carbocycles. The lowest BCUT2D eigenvalue weighted by atomic mass is 9.98. The zero-order valence-corrected chi connectivity index (χ0v) is 12.3. The molecule has 0 atom stereocenters. The number of aryl methyl sites for hydroxylation is 2. The third-order valence-corrected chi connectivity index (χ3v) is 3.75. The maximum absolute atomic E-state index is 12.4. The Hall–Kier alpha value is -2.55. The highest BCUT2D eigenvalue weighted by atomic mass is 16.1. The molecule has 3 rings (SSSR count). The van der Waals surface area contributed by atoms with E-state index in [1.54, 1.807) is 0 Å². The van der Waals surface area contributed by atoms with Gasteiger partial charge < -0.3 is 0 Å². The molecule has 21 heavy (non-hydrogen) atoms. The molecule has 0 bridgehead atoms. The first-order valence-corrected chi connectivity index (χ1v) is 7.16. The van der Waals surface area contributed by atoms with Gasteiger partial charge in [0.15, 0.2) is 0 Å². The van der Waals surface area contributed by atoms with Crippen LogP contribution in [0, 0.1) is 6.92 Å². The molecule has 0 aliphatic heterocycles. The minimum absolute atomic E-state index is 0.0405. The first kappa shape index (κ1) is 13.4. The SMILES string of the molecule is CCn1[nH]c(=O)c(-c2ccccc2)c1-c1ccccc1C. The molecular weight excluding hydrogens is 260 g/mol. The van der Waals surface area contributed by atoms with Crippen LogP contribution in [-0.2, 0) is 6.54 Å². The quantitative estimate of drug-likeness (QED) is 0.776. The molecule has 0 amide bonds. The van der Waals surface area contributed by atoms with Gasteiger partial charge in [-0.2, -0.15) is 0 Å². The first-order chi connectivity index (χ1) is 10.2. The van der Waals surface area contributed by atoms with E-state index in [1.807, 2.05) is 54.1 Å². The normalized spacial score (nSPS) is 10.8. The number of benzene rings is 2.